The van der Waals surface area contributed by atoms with Crippen molar-refractivity contribution in [2.24, 2.45) is 0 Å². The van der Waals surface area contributed by atoms with Crippen molar-refractivity contribution < 1.29 is 4.74 Å². The molecule has 1 rings (SSSR count). The minimum Gasteiger partial charge on any atom is -0.488 e. The quantitative estimate of drug-likeness (QED) is 0.787. The summed E-state index contributed by atoms with van der Waals surface area (Å²) in [5.41, 5.74) is 1.33. The van der Waals surface area contributed by atoms with Crippen LogP contribution in [0.2, 0.25) is 0 Å². The molecular formula is C12H15BrO. The van der Waals surface area contributed by atoms with Crippen molar-refractivity contribution in [1.82, 2.24) is 0 Å². The van der Waals surface area contributed by atoms with Crippen LogP contribution in [0.3, 0.4) is 0 Å². The Morgan fingerprint density at radius 3 is 2.36 bits per heavy atom. The molecule has 0 aliphatic rings. The first-order chi connectivity index (χ1) is 6.59. The molecule has 1 aromatic rings. The second-order valence-corrected chi connectivity index (χ2v) is 4.65. The van der Waals surface area contributed by atoms with Crippen molar-refractivity contribution in [1.29, 1.82) is 0 Å². The number of hydrogen-bond donors (Lipinski definition) is 0. The first-order valence-corrected chi connectivity index (χ1v) is 5.45. The van der Waals surface area contributed by atoms with Crippen molar-refractivity contribution in [3.8, 4) is 5.75 Å². The van der Waals surface area contributed by atoms with E-state index in [0.29, 0.717) is 12.5 Å². The number of benzene rings is 1. The van der Waals surface area contributed by atoms with E-state index in [1.807, 2.05) is 12.1 Å². The van der Waals surface area contributed by atoms with E-state index in [4.69, 9.17) is 4.74 Å². The predicted octanol–water partition coefficient (Wildman–Crippen LogP) is 4.10. The Hall–Kier alpha value is -0.760. The molecule has 0 radical (unpaired) electrons. The Kier molecular flexibility index (Phi) is 4.21. The van der Waals surface area contributed by atoms with E-state index in [1.54, 1.807) is 0 Å². The molecule has 0 N–H and O–H groups in total. The lowest BCUT2D eigenvalue weighted by Gasteiger charge is -2.08. The van der Waals surface area contributed by atoms with Gasteiger partial charge in [-0.25, -0.2) is 0 Å². The highest BCUT2D eigenvalue weighted by Gasteiger charge is 1.99. The van der Waals surface area contributed by atoms with Gasteiger partial charge < -0.3 is 4.74 Å². The van der Waals surface area contributed by atoms with Crippen molar-refractivity contribution >= 4 is 15.9 Å². The fraction of sp³-hybridized carbons (Fsp3) is 0.333. The van der Waals surface area contributed by atoms with Crippen LogP contribution in [0, 0.1) is 0 Å². The van der Waals surface area contributed by atoms with Gasteiger partial charge in [-0.15, -0.1) is 0 Å². The number of hydrogen-bond acceptors (Lipinski definition) is 1. The monoisotopic (exact) mass is 254 g/mol. The molecule has 14 heavy (non-hydrogen) atoms. The predicted molar refractivity (Wildman–Crippen MR) is 64.1 cm³/mol. The first-order valence-electron chi connectivity index (χ1n) is 4.65. The Balaban J connectivity index is 2.59. The maximum Gasteiger partial charge on any atom is 0.119 e. The number of halogens is 1. The summed E-state index contributed by atoms with van der Waals surface area (Å²) < 4.78 is 6.31. The zero-order valence-electron chi connectivity index (χ0n) is 8.59. The second kappa shape index (κ2) is 5.20. The third-order valence-electron chi connectivity index (χ3n) is 1.94. The van der Waals surface area contributed by atoms with Gasteiger partial charge in [-0.3, -0.25) is 0 Å². The zero-order chi connectivity index (χ0) is 10.6. The topological polar surface area (TPSA) is 9.23 Å². The molecule has 0 saturated carbocycles. The van der Waals surface area contributed by atoms with Crippen LogP contribution < -0.4 is 4.74 Å². The minimum absolute atomic E-state index is 0.515. The molecule has 0 saturated heterocycles. The SMILES string of the molecule is C=C(Br)COc1ccc(C(C)C)cc1. The van der Waals surface area contributed by atoms with Gasteiger partial charge in [0.1, 0.15) is 12.4 Å². The Labute approximate surface area is 93.9 Å². The third kappa shape index (κ3) is 3.54. The second-order valence-electron chi connectivity index (χ2n) is 3.53. The fourth-order valence-electron chi connectivity index (χ4n) is 1.11. The Bertz CT molecular complexity index is 301. The van der Waals surface area contributed by atoms with Crippen LogP contribution in [0.1, 0.15) is 25.3 Å². The summed E-state index contributed by atoms with van der Waals surface area (Å²) >= 11 is 3.25. The van der Waals surface area contributed by atoms with Crippen LogP contribution in [0.4, 0.5) is 0 Å². The highest BCUT2D eigenvalue weighted by Crippen LogP contribution is 2.19. The van der Waals surface area contributed by atoms with E-state index in [0.717, 1.165) is 10.2 Å². The third-order valence-corrected chi connectivity index (χ3v) is 2.17. The van der Waals surface area contributed by atoms with Crippen LogP contribution in [-0.2, 0) is 0 Å². The molecular weight excluding hydrogens is 240 g/mol. The molecule has 0 atom stereocenters. The Morgan fingerprint density at radius 1 is 1.36 bits per heavy atom. The number of rotatable bonds is 4. The van der Waals surface area contributed by atoms with Crippen LogP contribution >= 0.6 is 15.9 Å². The molecule has 1 aromatic carbocycles. The van der Waals surface area contributed by atoms with E-state index in [9.17, 15) is 0 Å². The minimum atomic E-state index is 0.515. The highest BCUT2D eigenvalue weighted by atomic mass is 79.9. The van der Waals surface area contributed by atoms with Gasteiger partial charge >= 0.3 is 0 Å². The van der Waals surface area contributed by atoms with Gasteiger partial charge in [-0.05, 0) is 23.6 Å². The average Bonchev–Trinajstić information content (AvgIpc) is 2.15. The smallest absolute Gasteiger partial charge is 0.119 e. The van der Waals surface area contributed by atoms with Crippen molar-refractivity contribution in [3.05, 3.63) is 40.9 Å². The summed E-state index contributed by atoms with van der Waals surface area (Å²) in [6.45, 7) is 8.58. The van der Waals surface area contributed by atoms with Crippen molar-refractivity contribution in [2.45, 2.75) is 19.8 Å². The van der Waals surface area contributed by atoms with Gasteiger partial charge in [-0.2, -0.15) is 0 Å². The summed E-state index contributed by atoms with van der Waals surface area (Å²) in [7, 11) is 0. The molecule has 0 unspecified atom stereocenters. The average molecular weight is 255 g/mol. The summed E-state index contributed by atoms with van der Waals surface area (Å²) in [6.07, 6.45) is 0. The van der Waals surface area contributed by atoms with Gasteiger partial charge in [0, 0.05) is 4.48 Å². The lowest BCUT2D eigenvalue weighted by molar-refractivity contribution is 0.361. The maximum atomic E-state index is 5.46. The fourth-order valence-corrected chi connectivity index (χ4v) is 1.23. The first kappa shape index (κ1) is 11.3. The van der Waals surface area contributed by atoms with E-state index in [1.165, 1.54) is 5.56 Å². The molecule has 76 valence electrons. The molecule has 0 amide bonds. The lowest BCUT2D eigenvalue weighted by atomic mass is 10.0. The van der Waals surface area contributed by atoms with Crippen molar-refractivity contribution in [3.63, 3.8) is 0 Å². The summed E-state index contributed by atoms with van der Waals surface area (Å²) in [4.78, 5) is 0. The van der Waals surface area contributed by atoms with Crippen LogP contribution in [0.25, 0.3) is 0 Å². The largest absolute Gasteiger partial charge is 0.488 e. The van der Waals surface area contributed by atoms with Gasteiger partial charge in [0.05, 0.1) is 0 Å². The van der Waals surface area contributed by atoms with Gasteiger partial charge in [0.25, 0.3) is 0 Å². The summed E-state index contributed by atoms with van der Waals surface area (Å²) in [6, 6.07) is 8.17. The van der Waals surface area contributed by atoms with Crippen LogP contribution in [0.15, 0.2) is 35.3 Å². The molecule has 1 nitrogen and oxygen atoms in total. The van der Waals surface area contributed by atoms with Crippen LogP contribution in [-0.4, -0.2) is 6.61 Å². The maximum absolute atomic E-state index is 5.46. The van der Waals surface area contributed by atoms with Gasteiger partial charge in [-0.1, -0.05) is 48.5 Å². The zero-order valence-corrected chi connectivity index (χ0v) is 10.2. The van der Waals surface area contributed by atoms with E-state index >= 15 is 0 Å². The standard InChI is InChI=1S/C12H15BrO/c1-9(2)11-4-6-12(7-5-11)14-8-10(3)13/h4-7,9H,3,8H2,1-2H3. The lowest BCUT2D eigenvalue weighted by Crippen LogP contribution is -1.96. The molecule has 0 spiro atoms. The molecule has 0 heterocycles. The molecule has 0 aliphatic carbocycles. The normalized spacial score (nSPS) is 10.3. The summed E-state index contributed by atoms with van der Waals surface area (Å²) in [5, 5.41) is 0. The van der Waals surface area contributed by atoms with E-state index in [-0.39, 0.29) is 0 Å². The summed E-state index contributed by atoms with van der Waals surface area (Å²) in [5.74, 6) is 1.45. The van der Waals surface area contributed by atoms with E-state index in [2.05, 4.69) is 48.5 Å². The van der Waals surface area contributed by atoms with E-state index < -0.39 is 0 Å². The molecule has 2 heteroatoms. The molecule has 0 fully saturated rings. The van der Waals surface area contributed by atoms with Crippen molar-refractivity contribution in [2.75, 3.05) is 6.61 Å². The molecule has 0 aliphatic heterocycles. The van der Waals surface area contributed by atoms with Gasteiger partial charge in [0.2, 0.25) is 0 Å². The number of ether oxygens (including phenoxy) is 1. The Morgan fingerprint density at radius 2 is 1.93 bits per heavy atom. The highest BCUT2D eigenvalue weighted by molar-refractivity contribution is 9.11. The van der Waals surface area contributed by atoms with Crippen LogP contribution in [0.5, 0.6) is 5.75 Å². The van der Waals surface area contributed by atoms with Gasteiger partial charge in [0.15, 0.2) is 0 Å². The molecule has 0 aromatic heterocycles. The molecule has 0 bridgehead atoms.